The van der Waals surface area contributed by atoms with E-state index in [9.17, 15) is 9.59 Å². The van der Waals surface area contributed by atoms with Crippen molar-refractivity contribution in [3.8, 4) is 0 Å². The second-order valence-corrected chi connectivity index (χ2v) is 8.49. The number of thioether (sulfide) groups is 1. The summed E-state index contributed by atoms with van der Waals surface area (Å²) in [4.78, 5) is 36.3. The average Bonchev–Trinajstić information content (AvgIpc) is 2.58. The molecule has 1 aromatic rings. The van der Waals surface area contributed by atoms with Gasteiger partial charge in [0.15, 0.2) is 5.16 Å². The Balaban J connectivity index is 1.94. The van der Waals surface area contributed by atoms with Gasteiger partial charge in [-0.3, -0.25) is 9.59 Å². The van der Waals surface area contributed by atoms with Gasteiger partial charge in [0.25, 0.3) is 0 Å². The number of hydrogen-bond donors (Lipinski definition) is 1. The monoisotopic (exact) mass is 413 g/mol. The maximum absolute atomic E-state index is 11.9. The van der Waals surface area contributed by atoms with Crippen molar-refractivity contribution in [3.63, 3.8) is 0 Å². The molecule has 1 aliphatic rings. The number of aromatic nitrogens is 2. The summed E-state index contributed by atoms with van der Waals surface area (Å²) in [7, 11) is 0. The summed E-state index contributed by atoms with van der Waals surface area (Å²) in [6.07, 6.45) is 0.957. The zero-order valence-corrected chi connectivity index (χ0v) is 17.9. The van der Waals surface area contributed by atoms with E-state index >= 15 is 0 Å². The van der Waals surface area contributed by atoms with Crippen molar-refractivity contribution < 1.29 is 9.59 Å². The minimum Gasteiger partial charge on any atom is -0.355 e. The first-order chi connectivity index (χ1) is 12.8. The molecule has 1 saturated heterocycles. The lowest BCUT2D eigenvalue weighted by molar-refractivity contribution is -0.131. The van der Waals surface area contributed by atoms with Crippen LogP contribution in [0.4, 0.5) is 5.82 Å². The van der Waals surface area contributed by atoms with Crippen molar-refractivity contribution >= 4 is 41.0 Å². The van der Waals surface area contributed by atoms with Gasteiger partial charge in [-0.25, -0.2) is 9.97 Å². The van der Waals surface area contributed by atoms with Crippen LogP contribution < -0.4 is 10.2 Å². The molecule has 0 bridgehead atoms. The average molecular weight is 414 g/mol. The molecule has 150 valence electrons. The summed E-state index contributed by atoms with van der Waals surface area (Å²) in [6.45, 7) is 10.6. The van der Waals surface area contributed by atoms with Crippen LogP contribution in [0.15, 0.2) is 11.2 Å². The van der Waals surface area contributed by atoms with Crippen LogP contribution in [-0.2, 0) is 9.59 Å². The van der Waals surface area contributed by atoms with Crippen LogP contribution in [0.1, 0.15) is 34.1 Å². The molecule has 0 saturated carbocycles. The largest absolute Gasteiger partial charge is 0.355 e. The molecule has 1 aliphatic heterocycles. The van der Waals surface area contributed by atoms with Gasteiger partial charge in [0.1, 0.15) is 11.0 Å². The number of carbonyl (C=O) groups excluding carboxylic acids is 2. The van der Waals surface area contributed by atoms with Gasteiger partial charge in [-0.05, 0) is 19.3 Å². The summed E-state index contributed by atoms with van der Waals surface area (Å²) in [6, 6.07) is 1.83. The lowest BCUT2D eigenvalue weighted by Gasteiger charge is -2.40. The van der Waals surface area contributed by atoms with Gasteiger partial charge in [0.05, 0.1) is 5.75 Å². The minimum atomic E-state index is -0.0329. The fraction of sp³-hybridized carbons (Fsp3) is 0.667. The number of piperazine rings is 1. The van der Waals surface area contributed by atoms with E-state index in [0.29, 0.717) is 42.4 Å². The molecule has 1 N–H and O–H groups in total. The normalized spacial score (nSPS) is 17.3. The number of nitrogens with zero attached hydrogens (tertiary/aromatic N) is 4. The van der Waals surface area contributed by atoms with Gasteiger partial charge >= 0.3 is 0 Å². The Morgan fingerprint density at radius 2 is 2.11 bits per heavy atom. The number of halogens is 1. The number of nitrogens with one attached hydrogen (secondary N) is 1. The van der Waals surface area contributed by atoms with Gasteiger partial charge in [-0.1, -0.05) is 37.2 Å². The third-order valence-electron chi connectivity index (χ3n) is 4.39. The third kappa shape index (κ3) is 6.84. The molecular formula is C18H28ClN5O2S. The van der Waals surface area contributed by atoms with Crippen LogP contribution in [-0.4, -0.2) is 64.7 Å². The molecule has 0 radical (unpaired) electrons. The first kappa shape index (κ1) is 21.8. The zero-order valence-electron chi connectivity index (χ0n) is 16.4. The van der Waals surface area contributed by atoms with Crippen LogP contribution in [0.3, 0.4) is 0 Å². The van der Waals surface area contributed by atoms with E-state index in [4.69, 9.17) is 11.6 Å². The molecule has 27 heavy (non-hydrogen) atoms. The number of anilines is 1. The predicted octanol–water partition coefficient (Wildman–Crippen LogP) is 2.44. The number of carbonyl (C=O) groups is 2. The van der Waals surface area contributed by atoms with E-state index in [1.165, 1.54) is 11.8 Å². The Hall–Kier alpha value is -1.54. The molecule has 1 aromatic heterocycles. The van der Waals surface area contributed by atoms with E-state index in [1.807, 2.05) is 11.8 Å². The molecule has 7 nitrogen and oxygen atoms in total. The SMILES string of the molecule is CC(=O)N1CCN(c2cc(Cl)nc(SCC(=O)NCCC(C)C)n2)CC1C. The molecular weight excluding hydrogens is 386 g/mol. The van der Waals surface area contributed by atoms with Crippen LogP contribution in [0.5, 0.6) is 0 Å². The van der Waals surface area contributed by atoms with Crippen molar-refractivity contribution in [2.75, 3.05) is 36.8 Å². The smallest absolute Gasteiger partial charge is 0.230 e. The standard InChI is InChI=1S/C18H28ClN5O2S/c1-12(2)5-6-20-17(26)11-27-18-21-15(19)9-16(22-18)23-7-8-24(14(4)25)13(3)10-23/h9,12-13H,5-8,10-11H2,1-4H3,(H,20,26). The summed E-state index contributed by atoms with van der Waals surface area (Å²) in [5, 5.41) is 3.74. The Morgan fingerprint density at radius 3 is 2.74 bits per heavy atom. The maximum Gasteiger partial charge on any atom is 0.230 e. The van der Waals surface area contributed by atoms with Crippen molar-refractivity contribution in [2.45, 2.75) is 45.3 Å². The third-order valence-corrected chi connectivity index (χ3v) is 5.43. The Morgan fingerprint density at radius 1 is 1.37 bits per heavy atom. The van der Waals surface area contributed by atoms with E-state index in [1.54, 1.807) is 13.0 Å². The van der Waals surface area contributed by atoms with E-state index in [-0.39, 0.29) is 23.6 Å². The van der Waals surface area contributed by atoms with Gasteiger partial charge < -0.3 is 15.1 Å². The molecule has 1 atom stereocenters. The van der Waals surface area contributed by atoms with E-state index < -0.39 is 0 Å². The van der Waals surface area contributed by atoms with Gasteiger partial charge in [0.2, 0.25) is 11.8 Å². The van der Waals surface area contributed by atoms with Gasteiger partial charge in [-0.15, -0.1) is 0 Å². The highest BCUT2D eigenvalue weighted by atomic mass is 35.5. The summed E-state index contributed by atoms with van der Waals surface area (Å²) in [5.74, 6) is 1.60. The van der Waals surface area contributed by atoms with Crippen molar-refractivity contribution in [1.82, 2.24) is 20.2 Å². The molecule has 1 fully saturated rings. The lowest BCUT2D eigenvalue weighted by Crippen LogP contribution is -2.53. The van der Waals surface area contributed by atoms with Crippen LogP contribution >= 0.6 is 23.4 Å². The highest BCUT2D eigenvalue weighted by molar-refractivity contribution is 7.99. The van der Waals surface area contributed by atoms with Crippen LogP contribution in [0.25, 0.3) is 0 Å². The second kappa shape index (κ2) is 10.1. The zero-order chi connectivity index (χ0) is 20.0. The fourth-order valence-corrected chi connectivity index (χ4v) is 3.84. The van der Waals surface area contributed by atoms with Crippen molar-refractivity contribution in [3.05, 3.63) is 11.2 Å². The fourth-order valence-electron chi connectivity index (χ4n) is 2.93. The van der Waals surface area contributed by atoms with Crippen molar-refractivity contribution in [2.24, 2.45) is 5.92 Å². The topological polar surface area (TPSA) is 78.4 Å². The van der Waals surface area contributed by atoms with Crippen LogP contribution in [0.2, 0.25) is 5.15 Å². The minimum absolute atomic E-state index is 0.0329. The highest BCUT2D eigenvalue weighted by Gasteiger charge is 2.26. The van der Waals surface area contributed by atoms with Gasteiger partial charge in [0, 0.05) is 45.2 Å². The Labute approximate surface area is 170 Å². The maximum atomic E-state index is 11.9. The molecule has 0 spiro atoms. The summed E-state index contributed by atoms with van der Waals surface area (Å²) >= 11 is 7.44. The first-order valence-electron chi connectivity index (χ1n) is 9.22. The van der Waals surface area contributed by atoms with Crippen LogP contribution in [0, 0.1) is 5.92 Å². The summed E-state index contributed by atoms with van der Waals surface area (Å²) < 4.78 is 0. The Bertz CT molecular complexity index is 673. The highest BCUT2D eigenvalue weighted by Crippen LogP contribution is 2.24. The molecule has 1 unspecified atom stereocenters. The number of hydrogen-bond acceptors (Lipinski definition) is 6. The molecule has 0 aliphatic carbocycles. The molecule has 2 amide bonds. The quantitative estimate of drug-likeness (QED) is 0.420. The molecule has 0 aromatic carbocycles. The van der Waals surface area contributed by atoms with E-state index in [2.05, 4.69) is 34.0 Å². The Kier molecular flexibility index (Phi) is 8.16. The molecule has 2 heterocycles. The molecule has 9 heteroatoms. The predicted molar refractivity (Wildman–Crippen MR) is 109 cm³/mol. The number of amides is 2. The van der Waals surface area contributed by atoms with E-state index in [0.717, 1.165) is 12.2 Å². The molecule has 2 rings (SSSR count). The first-order valence-corrected chi connectivity index (χ1v) is 10.6. The number of rotatable bonds is 7. The second-order valence-electron chi connectivity index (χ2n) is 7.16. The lowest BCUT2D eigenvalue weighted by atomic mass is 10.1. The summed E-state index contributed by atoms with van der Waals surface area (Å²) in [5.41, 5.74) is 0. The van der Waals surface area contributed by atoms with Gasteiger partial charge in [-0.2, -0.15) is 0 Å². The van der Waals surface area contributed by atoms with Crippen molar-refractivity contribution in [1.29, 1.82) is 0 Å².